The van der Waals surface area contributed by atoms with E-state index in [0.29, 0.717) is 58.4 Å². The highest BCUT2D eigenvalue weighted by molar-refractivity contribution is 6.09. The molecule has 9 nitrogen and oxygen atoms in total. The summed E-state index contributed by atoms with van der Waals surface area (Å²) in [7, 11) is 1.57. The van der Waals surface area contributed by atoms with Gasteiger partial charge in [-0.3, -0.25) is 9.59 Å². The van der Waals surface area contributed by atoms with Crippen LogP contribution in [0.3, 0.4) is 0 Å². The predicted molar refractivity (Wildman–Crippen MR) is 124 cm³/mol. The predicted octanol–water partition coefficient (Wildman–Crippen LogP) is 4.05. The number of benzene rings is 2. The van der Waals surface area contributed by atoms with Crippen molar-refractivity contribution in [1.29, 1.82) is 0 Å². The highest BCUT2D eigenvalue weighted by Crippen LogP contribution is 2.35. The first kappa shape index (κ1) is 21.6. The van der Waals surface area contributed by atoms with Gasteiger partial charge in [0.05, 0.1) is 12.8 Å². The van der Waals surface area contributed by atoms with Crippen molar-refractivity contribution in [3.05, 3.63) is 70.7 Å². The molecule has 1 aromatic heterocycles. The van der Waals surface area contributed by atoms with Crippen molar-refractivity contribution in [2.75, 3.05) is 19.2 Å². The van der Waals surface area contributed by atoms with Gasteiger partial charge in [-0.25, -0.2) is 5.43 Å². The molecule has 9 heteroatoms. The van der Waals surface area contributed by atoms with Gasteiger partial charge in [0, 0.05) is 34.9 Å². The summed E-state index contributed by atoms with van der Waals surface area (Å²) in [5.41, 5.74) is 5.80. The Kier molecular flexibility index (Phi) is 5.67. The highest BCUT2D eigenvalue weighted by Gasteiger charge is 2.28. The number of hydrazone groups is 1. The molecule has 0 unspecified atom stereocenters. The van der Waals surface area contributed by atoms with Crippen LogP contribution < -0.4 is 25.0 Å². The first-order valence-electron chi connectivity index (χ1n) is 10.9. The van der Waals surface area contributed by atoms with Crippen LogP contribution in [0, 0.1) is 6.92 Å². The molecule has 2 aliphatic rings. The van der Waals surface area contributed by atoms with E-state index in [1.807, 2.05) is 6.92 Å². The van der Waals surface area contributed by atoms with Gasteiger partial charge in [-0.2, -0.15) is 5.10 Å². The van der Waals surface area contributed by atoms with E-state index in [0.717, 1.165) is 12.0 Å². The summed E-state index contributed by atoms with van der Waals surface area (Å²) >= 11 is 0. The van der Waals surface area contributed by atoms with Crippen LogP contribution in [0.1, 0.15) is 50.6 Å². The number of rotatable bonds is 5. The highest BCUT2D eigenvalue weighted by atomic mass is 16.7. The van der Waals surface area contributed by atoms with E-state index in [1.165, 1.54) is 0 Å². The number of furan rings is 1. The molecule has 2 aromatic carbocycles. The minimum atomic E-state index is -0.368. The van der Waals surface area contributed by atoms with Crippen LogP contribution in [0.5, 0.6) is 17.2 Å². The largest absolute Gasteiger partial charge is 0.497 e. The Morgan fingerprint density at radius 1 is 1.00 bits per heavy atom. The molecular formula is C25H23N3O6. The Morgan fingerprint density at radius 2 is 1.79 bits per heavy atom. The van der Waals surface area contributed by atoms with Gasteiger partial charge in [0.25, 0.3) is 11.8 Å². The quantitative estimate of drug-likeness (QED) is 0.555. The van der Waals surface area contributed by atoms with Gasteiger partial charge in [-0.15, -0.1) is 0 Å². The van der Waals surface area contributed by atoms with E-state index < -0.39 is 0 Å². The van der Waals surface area contributed by atoms with Crippen LogP contribution >= 0.6 is 0 Å². The third-order valence-electron chi connectivity index (χ3n) is 5.81. The van der Waals surface area contributed by atoms with Gasteiger partial charge in [0.15, 0.2) is 17.3 Å². The zero-order valence-electron chi connectivity index (χ0n) is 18.8. The second-order valence-electron chi connectivity index (χ2n) is 7.96. The number of amides is 2. The Bertz CT molecular complexity index is 1290. The lowest BCUT2D eigenvalue weighted by Crippen LogP contribution is -2.22. The fourth-order valence-corrected chi connectivity index (χ4v) is 4.08. The molecule has 2 heterocycles. The van der Waals surface area contributed by atoms with Crippen LogP contribution in [0.15, 0.2) is 52.0 Å². The molecule has 1 aliphatic carbocycles. The minimum Gasteiger partial charge on any atom is -0.497 e. The first-order valence-corrected chi connectivity index (χ1v) is 10.9. The summed E-state index contributed by atoms with van der Waals surface area (Å²) in [5.74, 6) is 2.10. The maximum Gasteiger partial charge on any atom is 0.291 e. The van der Waals surface area contributed by atoms with E-state index in [9.17, 15) is 9.59 Å². The number of carbonyl (C=O) groups excluding carboxylic acids is 2. The second-order valence-corrected chi connectivity index (χ2v) is 7.96. The molecule has 0 atom stereocenters. The van der Waals surface area contributed by atoms with Crippen molar-refractivity contribution in [2.24, 2.45) is 5.10 Å². The van der Waals surface area contributed by atoms with Gasteiger partial charge in [0.2, 0.25) is 6.79 Å². The van der Waals surface area contributed by atoms with Crippen molar-refractivity contribution >= 4 is 23.2 Å². The third kappa shape index (κ3) is 4.07. The van der Waals surface area contributed by atoms with Crippen LogP contribution in [0.2, 0.25) is 0 Å². The molecule has 0 saturated heterocycles. The molecule has 0 fully saturated rings. The second kappa shape index (κ2) is 8.93. The molecule has 3 aromatic rings. The van der Waals surface area contributed by atoms with Crippen molar-refractivity contribution in [1.82, 2.24) is 5.43 Å². The Hall–Kier alpha value is -4.27. The fourth-order valence-electron chi connectivity index (χ4n) is 4.08. The van der Waals surface area contributed by atoms with Crippen LogP contribution in [0.4, 0.5) is 5.69 Å². The zero-order chi connectivity index (χ0) is 23.7. The molecule has 2 amide bonds. The summed E-state index contributed by atoms with van der Waals surface area (Å²) in [6, 6.07) is 12.0. The number of hydrogen-bond donors (Lipinski definition) is 2. The maximum absolute atomic E-state index is 13.0. The number of anilines is 1. The van der Waals surface area contributed by atoms with Crippen LogP contribution in [-0.4, -0.2) is 31.4 Å². The monoisotopic (exact) mass is 461 g/mol. The SMILES string of the molecule is COc1ccc(C(=O)N/N=C2\CCCc3oc(C(=O)Nc4ccc5c(c4)OCO5)c(C)c32)cc1. The number of hydrogen-bond acceptors (Lipinski definition) is 7. The minimum absolute atomic E-state index is 0.161. The normalized spacial score (nSPS) is 15.1. The molecule has 5 rings (SSSR count). The van der Waals surface area contributed by atoms with Gasteiger partial charge < -0.3 is 23.9 Å². The average Bonchev–Trinajstić information content (AvgIpc) is 3.47. The third-order valence-corrected chi connectivity index (χ3v) is 5.81. The lowest BCUT2D eigenvalue weighted by Gasteiger charge is -2.13. The van der Waals surface area contributed by atoms with Crippen LogP contribution in [0.25, 0.3) is 0 Å². The number of fused-ring (bicyclic) bond motifs is 2. The number of methoxy groups -OCH3 is 1. The molecule has 0 radical (unpaired) electrons. The zero-order valence-corrected chi connectivity index (χ0v) is 18.8. The molecular weight excluding hydrogens is 438 g/mol. The van der Waals surface area contributed by atoms with Gasteiger partial charge in [-0.1, -0.05) is 0 Å². The van der Waals surface area contributed by atoms with Crippen molar-refractivity contribution in [3.8, 4) is 17.2 Å². The lowest BCUT2D eigenvalue weighted by atomic mass is 9.93. The number of nitrogens with one attached hydrogen (secondary N) is 2. The summed E-state index contributed by atoms with van der Waals surface area (Å²) in [6.07, 6.45) is 2.17. The molecule has 174 valence electrons. The van der Waals surface area contributed by atoms with Crippen molar-refractivity contribution < 1.29 is 28.2 Å². The molecule has 2 N–H and O–H groups in total. The average molecular weight is 461 g/mol. The molecule has 0 saturated carbocycles. The van der Waals surface area contributed by atoms with E-state index >= 15 is 0 Å². The number of aryl methyl sites for hydroxylation is 1. The van der Waals surface area contributed by atoms with E-state index in [4.69, 9.17) is 18.6 Å². The summed E-state index contributed by atoms with van der Waals surface area (Å²) in [4.78, 5) is 25.5. The lowest BCUT2D eigenvalue weighted by molar-refractivity contribution is 0.0953. The Morgan fingerprint density at radius 3 is 2.59 bits per heavy atom. The van der Waals surface area contributed by atoms with E-state index in [-0.39, 0.29) is 24.4 Å². The smallest absolute Gasteiger partial charge is 0.291 e. The molecule has 0 spiro atoms. The summed E-state index contributed by atoms with van der Waals surface area (Å²) in [6.45, 7) is 1.98. The number of nitrogens with zero attached hydrogens (tertiary/aromatic N) is 1. The number of ether oxygens (including phenoxy) is 3. The molecule has 1 aliphatic heterocycles. The Labute approximate surface area is 195 Å². The maximum atomic E-state index is 13.0. The van der Waals surface area contributed by atoms with Gasteiger partial charge in [-0.05, 0) is 56.2 Å². The van der Waals surface area contributed by atoms with Crippen molar-refractivity contribution in [3.63, 3.8) is 0 Å². The molecule has 34 heavy (non-hydrogen) atoms. The number of carbonyl (C=O) groups is 2. The van der Waals surface area contributed by atoms with Gasteiger partial charge in [0.1, 0.15) is 11.5 Å². The summed E-state index contributed by atoms with van der Waals surface area (Å²) < 4.78 is 21.7. The Balaban J connectivity index is 1.34. The topological polar surface area (TPSA) is 111 Å². The van der Waals surface area contributed by atoms with Crippen molar-refractivity contribution in [2.45, 2.75) is 26.2 Å². The van der Waals surface area contributed by atoms with Gasteiger partial charge >= 0.3 is 0 Å². The van der Waals surface area contributed by atoms with E-state index in [2.05, 4.69) is 15.8 Å². The summed E-state index contributed by atoms with van der Waals surface area (Å²) in [5, 5.41) is 7.21. The first-order chi connectivity index (χ1) is 16.5. The fraction of sp³-hybridized carbons (Fsp3) is 0.240. The molecule has 0 bridgehead atoms. The standard InChI is InChI=1S/C25H23N3O6/c1-14-22-18(27-28-24(29)15-6-9-17(31-2)10-7-15)4-3-5-20(22)34-23(14)25(30)26-16-8-11-19-21(12-16)33-13-32-19/h6-12H,3-5,13H2,1-2H3,(H,26,30)(H,28,29)/b27-18+. The van der Waals surface area contributed by atoms with E-state index in [1.54, 1.807) is 49.6 Å². The van der Waals surface area contributed by atoms with Crippen LogP contribution in [-0.2, 0) is 6.42 Å².